The zero-order chi connectivity index (χ0) is 15.0. The molecule has 3 nitrogen and oxygen atoms in total. The molecule has 2 heterocycles. The Balaban J connectivity index is 1.84. The van der Waals surface area contributed by atoms with Gasteiger partial charge in [-0.25, -0.2) is 8.78 Å². The van der Waals surface area contributed by atoms with Gasteiger partial charge >= 0.3 is 0 Å². The van der Waals surface area contributed by atoms with Crippen LogP contribution in [0.25, 0.3) is 0 Å². The van der Waals surface area contributed by atoms with E-state index in [9.17, 15) is 13.6 Å². The second-order valence-electron chi connectivity index (χ2n) is 4.88. The molecule has 0 N–H and O–H groups in total. The molecule has 1 fully saturated rings. The van der Waals surface area contributed by atoms with Crippen LogP contribution in [0.3, 0.4) is 0 Å². The monoisotopic (exact) mass is 309 g/mol. The molecular formula is C15H13F2NO2S. The second kappa shape index (κ2) is 5.52. The lowest BCUT2D eigenvalue weighted by Crippen LogP contribution is -2.27. The normalized spacial score (nSPS) is 18.5. The Morgan fingerprint density at radius 3 is 2.76 bits per heavy atom. The summed E-state index contributed by atoms with van der Waals surface area (Å²) in [5, 5.41) is -0.223. The van der Waals surface area contributed by atoms with E-state index < -0.39 is 11.6 Å². The highest BCUT2D eigenvalue weighted by atomic mass is 32.2. The second-order valence-corrected chi connectivity index (χ2v) is 5.95. The van der Waals surface area contributed by atoms with Crippen molar-refractivity contribution >= 4 is 17.7 Å². The van der Waals surface area contributed by atoms with E-state index in [1.54, 1.807) is 4.90 Å². The predicted octanol–water partition coefficient (Wildman–Crippen LogP) is 3.64. The molecule has 6 heteroatoms. The van der Waals surface area contributed by atoms with Gasteiger partial charge in [0.05, 0.1) is 5.75 Å². The van der Waals surface area contributed by atoms with Crippen molar-refractivity contribution in [2.75, 3.05) is 5.75 Å². The van der Waals surface area contributed by atoms with Crippen LogP contribution in [0.1, 0.15) is 22.5 Å². The van der Waals surface area contributed by atoms with Gasteiger partial charge in [0, 0.05) is 6.54 Å². The molecule has 21 heavy (non-hydrogen) atoms. The Labute approximate surface area is 124 Å². The van der Waals surface area contributed by atoms with Crippen LogP contribution in [0.2, 0.25) is 0 Å². The highest BCUT2D eigenvalue weighted by Gasteiger charge is 2.34. The van der Waals surface area contributed by atoms with Crippen molar-refractivity contribution in [2.24, 2.45) is 0 Å². The van der Waals surface area contributed by atoms with E-state index in [4.69, 9.17) is 4.42 Å². The summed E-state index contributed by atoms with van der Waals surface area (Å²) in [5.41, 5.74) is 0.554. The molecule has 0 aliphatic carbocycles. The molecule has 1 aromatic carbocycles. The smallest absolute Gasteiger partial charge is 0.234 e. The lowest BCUT2D eigenvalue weighted by Gasteiger charge is -2.22. The van der Waals surface area contributed by atoms with Gasteiger partial charge in [-0.15, -0.1) is 11.8 Å². The van der Waals surface area contributed by atoms with E-state index in [2.05, 4.69) is 0 Å². The Hall–Kier alpha value is -1.82. The van der Waals surface area contributed by atoms with E-state index in [1.165, 1.54) is 17.8 Å². The molecule has 110 valence electrons. The number of rotatable bonds is 3. The first-order valence-corrected chi connectivity index (χ1v) is 7.51. The van der Waals surface area contributed by atoms with Crippen molar-refractivity contribution < 1.29 is 18.0 Å². The lowest BCUT2D eigenvalue weighted by atomic mass is 10.2. The number of carbonyl (C=O) groups excluding carboxylic acids is 1. The van der Waals surface area contributed by atoms with Gasteiger partial charge < -0.3 is 9.32 Å². The number of nitrogens with zero attached hydrogens (tertiary/aromatic N) is 1. The van der Waals surface area contributed by atoms with Crippen LogP contribution in [-0.2, 0) is 11.3 Å². The fourth-order valence-electron chi connectivity index (χ4n) is 2.28. The van der Waals surface area contributed by atoms with E-state index in [-0.39, 0.29) is 17.8 Å². The minimum atomic E-state index is -0.905. The first-order chi connectivity index (χ1) is 10.0. The largest absolute Gasteiger partial charge is 0.463 e. The first-order valence-electron chi connectivity index (χ1n) is 6.46. The number of amides is 1. The summed E-state index contributed by atoms with van der Waals surface area (Å²) in [6, 6.07) is 7.36. The Bertz CT molecular complexity index is 686. The van der Waals surface area contributed by atoms with E-state index in [0.29, 0.717) is 17.1 Å². The van der Waals surface area contributed by atoms with Gasteiger partial charge in [-0.3, -0.25) is 4.79 Å². The average Bonchev–Trinajstić information content (AvgIpc) is 3.02. The number of furan rings is 1. The topological polar surface area (TPSA) is 33.5 Å². The molecule has 0 spiro atoms. The van der Waals surface area contributed by atoms with Gasteiger partial charge in [0.25, 0.3) is 0 Å². The van der Waals surface area contributed by atoms with Crippen LogP contribution in [0.15, 0.2) is 34.7 Å². The van der Waals surface area contributed by atoms with Gasteiger partial charge in [0.1, 0.15) is 16.9 Å². The molecule has 0 bridgehead atoms. The van der Waals surface area contributed by atoms with Crippen molar-refractivity contribution in [3.8, 4) is 0 Å². The summed E-state index contributed by atoms with van der Waals surface area (Å²) >= 11 is 1.47. The molecule has 1 aromatic heterocycles. The molecule has 1 atom stereocenters. The third kappa shape index (κ3) is 2.81. The number of hydrogen-bond donors (Lipinski definition) is 0. The Kier molecular flexibility index (Phi) is 3.71. The van der Waals surface area contributed by atoms with Gasteiger partial charge in [-0.05, 0) is 36.8 Å². The molecule has 0 radical (unpaired) electrons. The Morgan fingerprint density at radius 1 is 1.29 bits per heavy atom. The van der Waals surface area contributed by atoms with Crippen molar-refractivity contribution in [2.45, 2.75) is 18.8 Å². The summed E-state index contributed by atoms with van der Waals surface area (Å²) in [6.45, 7) is 2.07. The van der Waals surface area contributed by atoms with Crippen molar-refractivity contribution in [3.63, 3.8) is 0 Å². The zero-order valence-corrected chi connectivity index (χ0v) is 12.1. The highest BCUT2D eigenvalue weighted by molar-refractivity contribution is 8.00. The van der Waals surface area contributed by atoms with Gasteiger partial charge in [0.15, 0.2) is 11.6 Å². The third-order valence-electron chi connectivity index (χ3n) is 3.31. The number of thioether (sulfide) groups is 1. The third-order valence-corrected chi connectivity index (χ3v) is 4.53. The van der Waals surface area contributed by atoms with Crippen LogP contribution < -0.4 is 0 Å². The number of hydrogen-bond acceptors (Lipinski definition) is 3. The molecule has 3 rings (SSSR count). The molecule has 1 saturated heterocycles. The molecule has 1 aliphatic heterocycles. The van der Waals surface area contributed by atoms with E-state index in [1.807, 2.05) is 19.1 Å². The fraction of sp³-hybridized carbons (Fsp3) is 0.267. The van der Waals surface area contributed by atoms with Crippen molar-refractivity contribution in [1.82, 2.24) is 4.90 Å². The summed E-state index contributed by atoms with van der Waals surface area (Å²) in [4.78, 5) is 13.6. The number of benzene rings is 1. The molecule has 0 saturated carbocycles. The lowest BCUT2D eigenvalue weighted by molar-refractivity contribution is -0.128. The van der Waals surface area contributed by atoms with E-state index in [0.717, 1.165) is 17.9 Å². The quantitative estimate of drug-likeness (QED) is 0.868. The number of aryl methyl sites for hydroxylation is 1. The molecule has 1 amide bonds. The average molecular weight is 309 g/mol. The van der Waals surface area contributed by atoms with E-state index >= 15 is 0 Å². The van der Waals surface area contributed by atoms with Crippen LogP contribution in [0, 0.1) is 18.6 Å². The maximum Gasteiger partial charge on any atom is 0.234 e. The van der Waals surface area contributed by atoms with Crippen molar-refractivity contribution in [1.29, 1.82) is 0 Å². The minimum absolute atomic E-state index is 0.0382. The van der Waals surface area contributed by atoms with Crippen LogP contribution in [0.4, 0.5) is 8.78 Å². The van der Waals surface area contributed by atoms with Crippen LogP contribution in [-0.4, -0.2) is 16.6 Å². The number of halogens is 2. The minimum Gasteiger partial charge on any atom is -0.463 e. The first kappa shape index (κ1) is 14.1. The van der Waals surface area contributed by atoms with Gasteiger partial charge in [-0.2, -0.15) is 0 Å². The van der Waals surface area contributed by atoms with Crippen molar-refractivity contribution in [3.05, 3.63) is 59.1 Å². The van der Waals surface area contributed by atoms with Gasteiger partial charge in [-0.1, -0.05) is 6.07 Å². The molecule has 1 aliphatic rings. The maximum atomic E-state index is 13.3. The van der Waals surface area contributed by atoms with Gasteiger partial charge in [0.2, 0.25) is 5.91 Å². The number of carbonyl (C=O) groups is 1. The predicted molar refractivity (Wildman–Crippen MR) is 75.6 cm³/mol. The molecule has 1 unspecified atom stereocenters. The summed E-state index contributed by atoms with van der Waals surface area (Å²) in [7, 11) is 0. The Morgan fingerprint density at radius 2 is 2.10 bits per heavy atom. The highest BCUT2D eigenvalue weighted by Crippen LogP contribution is 2.40. The summed E-state index contributed by atoms with van der Waals surface area (Å²) < 4.78 is 31.8. The zero-order valence-electron chi connectivity index (χ0n) is 11.3. The SMILES string of the molecule is Cc1ccc(C2SCC(=O)N2Cc2ccc(F)c(F)c2)o1. The summed E-state index contributed by atoms with van der Waals surface area (Å²) in [6.07, 6.45) is 0. The fourth-order valence-corrected chi connectivity index (χ4v) is 3.41. The maximum absolute atomic E-state index is 13.3. The van der Waals surface area contributed by atoms with Crippen LogP contribution in [0.5, 0.6) is 0 Å². The summed E-state index contributed by atoms with van der Waals surface area (Å²) in [5.74, 6) is -0.00242. The molecular weight excluding hydrogens is 296 g/mol. The molecule has 2 aromatic rings. The standard InChI is InChI=1S/C15H13F2NO2S/c1-9-2-5-13(20-9)15-18(14(19)8-21-15)7-10-3-4-11(16)12(17)6-10/h2-6,15H,7-8H2,1H3. The van der Waals surface area contributed by atoms with Crippen LogP contribution >= 0.6 is 11.8 Å².